The predicted octanol–water partition coefficient (Wildman–Crippen LogP) is 3.68. The first-order valence-electron chi connectivity index (χ1n) is 5.28. The highest BCUT2D eigenvalue weighted by Crippen LogP contribution is 2.35. The standard InChI is InChI=1S/C13H17O2P/c1-3-7-11(13(4-2)16-15)10-8-5-6-9-12(10)14/h3,5-9,14-16H,4H2,1-2H3/b7-3-,13-11-. The molecule has 0 spiro atoms. The summed E-state index contributed by atoms with van der Waals surface area (Å²) in [6, 6.07) is 7.19. The van der Waals surface area contributed by atoms with Gasteiger partial charge < -0.3 is 10.00 Å². The van der Waals surface area contributed by atoms with E-state index in [0.717, 1.165) is 22.9 Å². The quantitative estimate of drug-likeness (QED) is 0.618. The lowest BCUT2D eigenvalue weighted by atomic mass is 10.0. The van der Waals surface area contributed by atoms with Gasteiger partial charge in [-0.15, -0.1) is 0 Å². The topological polar surface area (TPSA) is 40.5 Å². The van der Waals surface area contributed by atoms with Crippen molar-refractivity contribution in [3.63, 3.8) is 0 Å². The predicted molar refractivity (Wildman–Crippen MR) is 70.7 cm³/mol. The summed E-state index contributed by atoms with van der Waals surface area (Å²) in [4.78, 5) is 9.33. The van der Waals surface area contributed by atoms with E-state index < -0.39 is 0 Å². The highest BCUT2D eigenvalue weighted by molar-refractivity contribution is 7.36. The third-order valence-corrected chi connectivity index (χ3v) is 3.23. The number of benzene rings is 1. The van der Waals surface area contributed by atoms with Crippen LogP contribution in [-0.4, -0.2) is 10.00 Å². The van der Waals surface area contributed by atoms with E-state index >= 15 is 0 Å². The smallest absolute Gasteiger partial charge is 0.123 e. The van der Waals surface area contributed by atoms with Crippen molar-refractivity contribution < 1.29 is 10.00 Å². The molecule has 2 N–H and O–H groups in total. The van der Waals surface area contributed by atoms with Gasteiger partial charge in [-0.1, -0.05) is 37.3 Å². The Morgan fingerprint density at radius 3 is 2.56 bits per heavy atom. The molecule has 1 aromatic rings. The van der Waals surface area contributed by atoms with Crippen LogP contribution in [0.25, 0.3) is 5.57 Å². The van der Waals surface area contributed by atoms with E-state index in [-0.39, 0.29) is 14.6 Å². The number of aromatic hydroxyl groups is 1. The maximum absolute atomic E-state index is 9.80. The monoisotopic (exact) mass is 236 g/mol. The van der Waals surface area contributed by atoms with Crippen LogP contribution in [0.15, 0.2) is 41.7 Å². The lowest BCUT2D eigenvalue weighted by molar-refractivity contribution is 0.473. The van der Waals surface area contributed by atoms with Gasteiger partial charge in [0, 0.05) is 14.4 Å². The maximum atomic E-state index is 9.80. The van der Waals surface area contributed by atoms with Crippen LogP contribution in [0.2, 0.25) is 0 Å². The van der Waals surface area contributed by atoms with Gasteiger partial charge in [0.05, 0.1) is 0 Å². The summed E-state index contributed by atoms with van der Waals surface area (Å²) in [5.74, 6) is 0.250. The highest BCUT2D eigenvalue weighted by Gasteiger charge is 2.08. The summed E-state index contributed by atoms with van der Waals surface area (Å²) in [5, 5.41) is 10.8. The Morgan fingerprint density at radius 1 is 1.38 bits per heavy atom. The molecule has 0 aliphatic heterocycles. The third kappa shape index (κ3) is 2.94. The van der Waals surface area contributed by atoms with Crippen molar-refractivity contribution >= 4 is 14.4 Å². The lowest BCUT2D eigenvalue weighted by Crippen LogP contribution is -1.86. The molecule has 3 heteroatoms. The first-order chi connectivity index (χ1) is 7.74. The van der Waals surface area contributed by atoms with Gasteiger partial charge in [0.15, 0.2) is 0 Å². The summed E-state index contributed by atoms with van der Waals surface area (Å²) < 4.78 is 0. The van der Waals surface area contributed by atoms with Gasteiger partial charge in [-0.25, -0.2) is 0 Å². The van der Waals surface area contributed by atoms with E-state index in [0.29, 0.717) is 0 Å². The highest BCUT2D eigenvalue weighted by atomic mass is 31.1. The average molecular weight is 236 g/mol. The third-order valence-electron chi connectivity index (χ3n) is 2.34. The number of rotatable bonds is 4. The summed E-state index contributed by atoms with van der Waals surface area (Å²) in [7, 11) is -0.222. The number of phenols is 1. The number of hydrogen-bond donors (Lipinski definition) is 2. The van der Waals surface area contributed by atoms with Gasteiger partial charge in [0.2, 0.25) is 0 Å². The van der Waals surface area contributed by atoms with Gasteiger partial charge >= 0.3 is 0 Å². The van der Waals surface area contributed by atoms with E-state index in [2.05, 4.69) is 0 Å². The maximum Gasteiger partial charge on any atom is 0.123 e. The van der Waals surface area contributed by atoms with Crippen molar-refractivity contribution in [3.8, 4) is 5.75 Å². The first-order valence-corrected chi connectivity index (χ1v) is 6.23. The average Bonchev–Trinajstić information content (AvgIpc) is 2.30. The van der Waals surface area contributed by atoms with Crippen molar-refractivity contribution in [2.24, 2.45) is 0 Å². The molecule has 0 aromatic heterocycles. The van der Waals surface area contributed by atoms with E-state index in [4.69, 9.17) is 0 Å². The van der Waals surface area contributed by atoms with Crippen LogP contribution in [0.5, 0.6) is 5.75 Å². The Labute approximate surface area is 98.2 Å². The second-order valence-electron chi connectivity index (χ2n) is 3.37. The molecule has 0 fully saturated rings. The Hall–Kier alpha value is -1.11. The molecular formula is C13H17O2P. The zero-order chi connectivity index (χ0) is 12.0. The molecule has 1 rings (SSSR count). The van der Waals surface area contributed by atoms with Crippen LogP contribution in [0.1, 0.15) is 25.8 Å². The van der Waals surface area contributed by atoms with E-state index in [1.807, 2.05) is 38.1 Å². The molecule has 0 radical (unpaired) electrons. The molecule has 0 saturated heterocycles. The fourth-order valence-electron chi connectivity index (χ4n) is 1.55. The van der Waals surface area contributed by atoms with E-state index in [1.165, 1.54) is 0 Å². The molecule has 0 amide bonds. The largest absolute Gasteiger partial charge is 0.507 e. The van der Waals surface area contributed by atoms with Gasteiger partial charge in [-0.2, -0.15) is 0 Å². The molecule has 1 aromatic carbocycles. The number of phenolic OH excluding ortho intramolecular Hbond substituents is 1. The van der Waals surface area contributed by atoms with Crippen LogP contribution in [-0.2, 0) is 0 Å². The van der Waals surface area contributed by atoms with E-state index in [1.54, 1.807) is 12.1 Å². The van der Waals surface area contributed by atoms with Gasteiger partial charge in [0.25, 0.3) is 0 Å². The number of allylic oxidation sites excluding steroid dienone is 4. The fraction of sp³-hybridized carbons (Fsp3) is 0.231. The summed E-state index contributed by atoms with van der Waals surface area (Å²) in [6.07, 6.45) is 4.62. The number of para-hydroxylation sites is 1. The van der Waals surface area contributed by atoms with Crippen LogP contribution in [0, 0.1) is 0 Å². The molecular weight excluding hydrogens is 219 g/mol. The normalized spacial score (nSPS) is 13.7. The molecule has 0 aliphatic rings. The van der Waals surface area contributed by atoms with Crippen LogP contribution in [0.4, 0.5) is 0 Å². The first kappa shape index (κ1) is 13.0. The SMILES string of the molecule is C/C=C\C(=C(/CC)PO)c1ccccc1O. The lowest BCUT2D eigenvalue weighted by Gasteiger charge is -2.10. The Morgan fingerprint density at radius 2 is 2.06 bits per heavy atom. The molecule has 0 bridgehead atoms. The minimum absolute atomic E-state index is 0.222. The van der Waals surface area contributed by atoms with Crippen molar-refractivity contribution in [3.05, 3.63) is 47.3 Å². The fourth-order valence-corrected chi connectivity index (χ4v) is 2.05. The minimum atomic E-state index is -0.222. The molecule has 1 unspecified atom stereocenters. The van der Waals surface area contributed by atoms with E-state index in [9.17, 15) is 10.00 Å². The summed E-state index contributed by atoms with van der Waals surface area (Å²) >= 11 is 0. The van der Waals surface area contributed by atoms with Gasteiger partial charge in [0.1, 0.15) is 5.75 Å². The zero-order valence-electron chi connectivity index (χ0n) is 9.57. The molecule has 1 atom stereocenters. The molecule has 0 aliphatic carbocycles. The van der Waals surface area contributed by atoms with Crippen molar-refractivity contribution in [2.45, 2.75) is 20.3 Å². The van der Waals surface area contributed by atoms with Crippen molar-refractivity contribution in [2.75, 3.05) is 0 Å². The molecule has 0 saturated carbocycles. The second kappa shape index (κ2) is 6.47. The van der Waals surface area contributed by atoms with Crippen LogP contribution in [0.3, 0.4) is 0 Å². The van der Waals surface area contributed by atoms with Crippen molar-refractivity contribution in [1.82, 2.24) is 0 Å². The Kier molecular flexibility index (Phi) is 5.24. The van der Waals surface area contributed by atoms with Gasteiger partial charge in [-0.05, 0) is 30.3 Å². The summed E-state index contributed by atoms with van der Waals surface area (Å²) in [6.45, 7) is 3.93. The second-order valence-corrected chi connectivity index (χ2v) is 4.20. The molecule has 2 nitrogen and oxygen atoms in total. The van der Waals surface area contributed by atoms with Crippen LogP contribution >= 0.6 is 8.81 Å². The van der Waals surface area contributed by atoms with Gasteiger partial charge in [-0.3, -0.25) is 0 Å². The zero-order valence-corrected chi connectivity index (χ0v) is 10.6. The Bertz CT molecular complexity index is 402. The number of hydrogen-bond acceptors (Lipinski definition) is 2. The molecule has 16 heavy (non-hydrogen) atoms. The molecule has 86 valence electrons. The molecule has 0 heterocycles. The van der Waals surface area contributed by atoms with Crippen molar-refractivity contribution in [1.29, 1.82) is 0 Å². The van der Waals surface area contributed by atoms with Crippen LogP contribution < -0.4 is 0 Å². The summed E-state index contributed by atoms with van der Waals surface area (Å²) in [5.41, 5.74) is 1.70. The Balaban J connectivity index is 3.33. The minimum Gasteiger partial charge on any atom is -0.507 e.